The van der Waals surface area contributed by atoms with Crippen LogP contribution in [0.15, 0.2) is 78.9 Å². The fourth-order valence-corrected chi connectivity index (χ4v) is 4.60. The van der Waals surface area contributed by atoms with E-state index < -0.39 is 4.92 Å². The van der Waals surface area contributed by atoms with Crippen LogP contribution in [0, 0.1) is 10.1 Å². The highest BCUT2D eigenvalue weighted by Gasteiger charge is 2.48. The zero-order valence-corrected chi connectivity index (χ0v) is 16.3. The molecule has 2 heterocycles. The molecule has 1 saturated heterocycles. The number of rotatable bonds is 4. The Balaban J connectivity index is 1.55. The molecule has 3 aromatic rings. The maximum absolute atomic E-state index is 13.5. The van der Waals surface area contributed by atoms with Crippen molar-refractivity contribution < 1.29 is 9.72 Å². The fraction of sp³-hybridized carbons (Fsp3) is 0.208. The zero-order valence-electron chi connectivity index (χ0n) is 16.3. The molecule has 0 N–H and O–H groups in total. The number of amides is 1. The summed E-state index contributed by atoms with van der Waals surface area (Å²) in [5, 5.41) is 11.1. The van der Waals surface area contributed by atoms with Crippen molar-refractivity contribution >= 4 is 11.6 Å². The van der Waals surface area contributed by atoms with Gasteiger partial charge in [-0.1, -0.05) is 54.6 Å². The quantitative estimate of drug-likeness (QED) is 0.490. The van der Waals surface area contributed by atoms with Crippen molar-refractivity contribution in [1.82, 2.24) is 9.80 Å². The zero-order chi connectivity index (χ0) is 20.7. The second kappa shape index (κ2) is 7.39. The predicted octanol–water partition coefficient (Wildman–Crippen LogP) is 4.06. The molecular weight excluding hydrogens is 378 g/mol. The van der Waals surface area contributed by atoms with Gasteiger partial charge in [0.15, 0.2) is 0 Å². The maximum Gasteiger partial charge on any atom is 0.269 e. The Kier molecular flexibility index (Phi) is 4.56. The van der Waals surface area contributed by atoms with Gasteiger partial charge in [0.2, 0.25) is 5.91 Å². The molecule has 1 fully saturated rings. The summed E-state index contributed by atoms with van der Waals surface area (Å²) in [5.41, 5.74) is 4.46. The lowest BCUT2D eigenvalue weighted by Crippen LogP contribution is -2.39. The van der Waals surface area contributed by atoms with Crippen LogP contribution in [-0.2, 0) is 24.3 Å². The Morgan fingerprint density at radius 2 is 1.57 bits per heavy atom. The van der Waals surface area contributed by atoms with E-state index in [1.54, 1.807) is 12.1 Å². The van der Waals surface area contributed by atoms with Crippen molar-refractivity contribution in [3.63, 3.8) is 0 Å². The summed E-state index contributed by atoms with van der Waals surface area (Å²) in [7, 11) is 0. The number of nitro benzene ring substituents is 1. The second-order valence-electron chi connectivity index (χ2n) is 7.84. The summed E-state index contributed by atoms with van der Waals surface area (Å²) in [6.45, 7) is 1.18. The third-order valence-electron chi connectivity index (χ3n) is 6.06. The van der Waals surface area contributed by atoms with Crippen LogP contribution in [0.1, 0.15) is 28.4 Å². The van der Waals surface area contributed by atoms with E-state index in [1.807, 2.05) is 47.4 Å². The van der Waals surface area contributed by atoms with E-state index in [2.05, 4.69) is 17.0 Å². The van der Waals surface area contributed by atoms with Gasteiger partial charge in [0.25, 0.3) is 5.69 Å². The lowest BCUT2D eigenvalue weighted by Gasteiger charge is -2.35. The van der Waals surface area contributed by atoms with E-state index in [1.165, 1.54) is 23.3 Å². The van der Waals surface area contributed by atoms with Gasteiger partial charge in [0.05, 0.1) is 11.0 Å². The number of nitrogens with zero attached hydrogens (tertiary/aromatic N) is 3. The van der Waals surface area contributed by atoms with Crippen LogP contribution in [0.3, 0.4) is 0 Å². The smallest absolute Gasteiger partial charge is 0.269 e. The van der Waals surface area contributed by atoms with Gasteiger partial charge < -0.3 is 4.90 Å². The van der Waals surface area contributed by atoms with Gasteiger partial charge in [-0.05, 0) is 40.8 Å². The van der Waals surface area contributed by atoms with Crippen LogP contribution in [-0.4, -0.2) is 26.7 Å². The van der Waals surface area contributed by atoms with Gasteiger partial charge in [-0.25, -0.2) is 0 Å². The molecule has 2 aliphatic heterocycles. The summed E-state index contributed by atoms with van der Waals surface area (Å²) in [6, 6.07) is 24.6. The minimum Gasteiger partial charge on any atom is -0.317 e. The second-order valence-corrected chi connectivity index (χ2v) is 7.84. The minimum atomic E-state index is -0.398. The number of carbonyl (C=O) groups excluding carboxylic acids is 1. The van der Waals surface area contributed by atoms with Gasteiger partial charge in [0.1, 0.15) is 6.17 Å². The summed E-state index contributed by atoms with van der Waals surface area (Å²) < 4.78 is 0. The highest BCUT2D eigenvalue weighted by Crippen LogP contribution is 2.41. The molecule has 2 atom stereocenters. The van der Waals surface area contributed by atoms with E-state index in [0.29, 0.717) is 19.5 Å². The number of hydrogen-bond acceptors (Lipinski definition) is 4. The van der Waals surface area contributed by atoms with E-state index in [4.69, 9.17) is 0 Å². The van der Waals surface area contributed by atoms with Gasteiger partial charge in [-0.15, -0.1) is 0 Å². The number of non-ortho nitro benzene ring substituents is 1. The Morgan fingerprint density at radius 3 is 2.27 bits per heavy atom. The standard InChI is InChI=1S/C24H21N3O3/c28-24-22-14-19-8-4-5-9-20(19)16-25(22)23(18-10-12-21(13-11-18)27(29)30)26(24)15-17-6-2-1-3-7-17/h1-13,22-23H,14-16H2/t22-,23?/m0/s1. The number of fused-ring (bicyclic) bond motifs is 2. The van der Waals surface area contributed by atoms with E-state index in [-0.39, 0.29) is 23.8 Å². The molecule has 6 heteroatoms. The van der Waals surface area contributed by atoms with Crippen molar-refractivity contribution in [3.05, 3.63) is 111 Å². The van der Waals surface area contributed by atoms with Crippen LogP contribution in [0.4, 0.5) is 5.69 Å². The van der Waals surface area contributed by atoms with Crippen molar-refractivity contribution in [2.24, 2.45) is 0 Å². The molecule has 0 saturated carbocycles. The van der Waals surface area contributed by atoms with Crippen molar-refractivity contribution in [2.45, 2.75) is 31.7 Å². The highest BCUT2D eigenvalue weighted by atomic mass is 16.6. The predicted molar refractivity (Wildman–Crippen MR) is 112 cm³/mol. The van der Waals surface area contributed by atoms with Crippen LogP contribution < -0.4 is 0 Å². The molecule has 30 heavy (non-hydrogen) atoms. The third kappa shape index (κ3) is 3.15. The van der Waals surface area contributed by atoms with Gasteiger partial charge in [0, 0.05) is 25.2 Å². The van der Waals surface area contributed by atoms with Crippen LogP contribution in [0.25, 0.3) is 0 Å². The van der Waals surface area contributed by atoms with E-state index in [0.717, 1.165) is 11.1 Å². The number of carbonyl (C=O) groups is 1. The Morgan fingerprint density at radius 1 is 0.900 bits per heavy atom. The molecule has 150 valence electrons. The Labute approximate surface area is 174 Å². The van der Waals surface area contributed by atoms with E-state index in [9.17, 15) is 14.9 Å². The molecule has 2 aliphatic rings. The number of nitro groups is 1. The average Bonchev–Trinajstić information content (AvgIpc) is 3.04. The van der Waals surface area contributed by atoms with Crippen LogP contribution >= 0.6 is 0 Å². The van der Waals surface area contributed by atoms with Crippen molar-refractivity contribution in [1.29, 1.82) is 0 Å². The van der Waals surface area contributed by atoms with Crippen LogP contribution in [0.5, 0.6) is 0 Å². The summed E-state index contributed by atoms with van der Waals surface area (Å²) in [6.07, 6.45) is 0.431. The molecule has 0 bridgehead atoms. The number of benzene rings is 3. The summed E-state index contributed by atoms with van der Waals surface area (Å²) >= 11 is 0. The van der Waals surface area contributed by atoms with E-state index >= 15 is 0 Å². The first-order valence-corrected chi connectivity index (χ1v) is 10.0. The van der Waals surface area contributed by atoms with Gasteiger partial charge >= 0.3 is 0 Å². The molecular formula is C24H21N3O3. The molecule has 0 aromatic heterocycles. The third-order valence-corrected chi connectivity index (χ3v) is 6.06. The van der Waals surface area contributed by atoms with Crippen molar-refractivity contribution in [3.8, 4) is 0 Å². The lowest BCUT2D eigenvalue weighted by molar-refractivity contribution is -0.384. The molecule has 0 aliphatic carbocycles. The highest BCUT2D eigenvalue weighted by molar-refractivity contribution is 5.85. The molecule has 0 spiro atoms. The SMILES string of the molecule is O=C1[C@@H]2Cc3ccccc3CN2C(c2ccc([N+](=O)[O-])cc2)N1Cc1ccccc1. The topological polar surface area (TPSA) is 66.7 Å². The largest absolute Gasteiger partial charge is 0.317 e. The first-order valence-electron chi connectivity index (χ1n) is 10.0. The molecule has 5 rings (SSSR count). The molecule has 3 aromatic carbocycles. The van der Waals surface area contributed by atoms with Crippen molar-refractivity contribution in [2.75, 3.05) is 0 Å². The molecule has 1 unspecified atom stereocenters. The number of hydrogen-bond donors (Lipinski definition) is 0. The first-order chi connectivity index (χ1) is 14.6. The Bertz CT molecular complexity index is 1100. The minimum absolute atomic E-state index is 0.0539. The first kappa shape index (κ1) is 18.5. The van der Waals surface area contributed by atoms with Crippen LogP contribution in [0.2, 0.25) is 0 Å². The molecule has 0 radical (unpaired) electrons. The molecule has 1 amide bonds. The Hall–Kier alpha value is -3.51. The lowest BCUT2D eigenvalue weighted by atomic mass is 9.94. The molecule has 6 nitrogen and oxygen atoms in total. The average molecular weight is 399 g/mol. The summed E-state index contributed by atoms with van der Waals surface area (Å²) in [4.78, 5) is 28.3. The van der Waals surface area contributed by atoms with Gasteiger partial charge in [-0.3, -0.25) is 19.8 Å². The summed E-state index contributed by atoms with van der Waals surface area (Å²) in [5.74, 6) is 0.108. The normalized spacial score (nSPS) is 20.7. The fourth-order valence-electron chi connectivity index (χ4n) is 4.60. The maximum atomic E-state index is 13.5. The van der Waals surface area contributed by atoms with Gasteiger partial charge in [-0.2, -0.15) is 0 Å². The monoisotopic (exact) mass is 399 g/mol.